The Morgan fingerprint density at radius 2 is 2.22 bits per heavy atom. The van der Waals surface area contributed by atoms with Crippen LogP contribution in [0.3, 0.4) is 0 Å². The van der Waals surface area contributed by atoms with Crippen LogP contribution in [0.1, 0.15) is 65.2 Å². The lowest BCUT2D eigenvalue weighted by atomic mass is 9.95. The van der Waals surface area contributed by atoms with Gasteiger partial charge in [0, 0.05) is 0 Å². The Balaban J connectivity index is 2.00. The Morgan fingerprint density at radius 1 is 1.33 bits per heavy atom. The highest BCUT2D eigenvalue weighted by molar-refractivity contribution is 5.15. The topological polar surface area (TPSA) is 21.3 Å². The molecule has 1 saturated heterocycles. The van der Waals surface area contributed by atoms with Gasteiger partial charge in [0.25, 0.3) is 0 Å². The first-order valence-electron chi connectivity index (χ1n) is 7.89. The van der Waals surface area contributed by atoms with E-state index >= 15 is 0 Å². The Morgan fingerprint density at radius 3 is 2.94 bits per heavy atom. The minimum atomic E-state index is 0.413. The fourth-order valence-corrected chi connectivity index (χ4v) is 3.20. The van der Waals surface area contributed by atoms with Gasteiger partial charge in [-0.05, 0) is 58.4 Å². The third-order valence-corrected chi connectivity index (χ3v) is 4.23. The Kier molecular flexibility index (Phi) is 5.71. The quantitative estimate of drug-likeness (QED) is 0.750. The van der Waals surface area contributed by atoms with Gasteiger partial charge in [-0.15, -0.1) is 0 Å². The highest BCUT2D eigenvalue weighted by atomic mass is 16.5. The van der Waals surface area contributed by atoms with Crippen molar-refractivity contribution in [2.75, 3.05) is 6.54 Å². The van der Waals surface area contributed by atoms with E-state index < -0.39 is 0 Å². The predicted molar refractivity (Wildman–Crippen MR) is 76.8 cm³/mol. The van der Waals surface area contributed by atoms with E-state index in [1.807, 2.05) is 0 Å². The molecule has 0 aromatic heterocycles. The van der Waals surface area contributed by atoms with Crippen molar-refractivity contribution in [3.8, 4) is 0 Å². The van der Waals surface area contributed by atoms with Crippen molar-refractivity contribution >= 4 is 0 Å². The molecule has 2 aliphatic rings. The lowest BCUT2D eigenvalue weighted by Gasteiger charge is -2.27. The summed E-state index contributed by atoms with van der Waals surface area (Å²) in [7, 11) is 0. The molecule has 0 spiro atoms. The molecular weight excluding hydrogens is 222 g/mol. The summed E-state index contributed by atoms with van der Waals surface area (Å²) in [5.74, 6) is 0. The number of nitrogens with one attached hydrogen (secondary N) is 1. The number of allylic oxidation sites excluding steroid dienone is 1. The van der Waals surface area contributed by atoms with Crippen molar-refractivity contribution in [1.82, 2.24) is 5.32 Å². The van der Waals surface area contributed by atoms with Crippen molar-refractivity contribution < 1.29 is 4.74 Å². The van der Waals surface area contributed by atoms with E-state index in [-0.39, 0.29) is 0 Å². The zero-order valence-corrected chi connectivity index (χ0v) is 12.1. The largest absolute Gasteiger partial charge is 0.373 e. The van der Waals surface area contributed by atoms with Crippen LogP contribution in [0.25, 0.3) is 0 Å². The second-order valence-corrected chi connectivity index (χ2v) is 5.87. The third-order valence-electron chi connectivity index (χ3n) is 4.23. The minimum Gasteiger partial charge on any atom is -0.373 e. The first kappa shape index (κ1) is 14.1. The normalized spacial score (nSPS) is 30.9. The predicted octanol–water partition coefficient (Wildman–Crippen LogP) is 3.81. The van der Waals surface area contributed by atoms with Crippen LogP contribution >= 0.6 is 0 Å². The fraction of sp³-hybridized carbons (Fsp3) is 0.875. The molecule has 0 radical (unpaired) electrons. The standard InChI is InChI=1S/C16H29NO/c1-3-12-17-16(15-11-10-13(2)18-15)14-8-6-4-5-7-9-14/h8,13,15-17H,3-7,9-12H2,1-2H3. The number of ether oxygens (including phenoxy) is 1. The van der Waals surface area contributed by atoms with Crippen LogP contribution in [0.15, 0.2) is 11.6 Å². The zero-order chi connectivity index (χ0) is 12.8. The Bertz CT molecular complexity index is 274. The maximum atomic E-state index is 6.11. The second kappa shape index (κ2) is 7.30. The number of rotatable bonds is 5. The van der Waals surface area contributed by atoms with Crippen LogP contribution in [-0.4, -0.2) is 24.8 Å². The molecule has 0 saturated carbocycles. The van der Waals surface area contributed by atoms with Gasteiger partial charge in [-0.3, -0.25) is 0 Å². The lowest BCUT2D eigenvalue weighted by molar-refractivity contribution is 0.0389. The molecule has 1 aliphatic carbocycles. The van der Waals surface area contributed by atoms with E-state index in [2.05, 4.69) is 25.2 Å². The molecule has 3 atom stereocenters. The summed E-state index contributed by atoms with van der Waals surface area (Å²) < 4.78 is 6.11. The maximum Gasteiger partial charge on any atom is 0.0771 e. The van der Waals surface area contributed by atoms with E-state index in [4.69, 9.17) is 4.74 Å². The summed E-state index contributed by atoms with van der Waals surface area (Å²) in [4.78, 5) is 0. The van der Waals surface area contributed by atoms with Crippen LogP contribution in [0.4, 0.5) is 0 Å². The van der Waals surface area contributed by atoms with Crippen LogP contribution in [0, 0.1) is 0 Å². The van der Waals surface area contributed by atoms with E-state index in [0.29, 0.717) is 18.2 Å². The average molecular weight is 251 g/mol. The fourth-order valence-electron chi connectivity index (χ4n) is 3.20. The average Bonchev–Trinajstić information content (AvgIpc) is 2.65. The maximum absolute atomic E-state index is 6.11. The summed E-state index contributed by atoms with van der Waals surface area (Å²) in [5, 5.41) is 3.74. The molecule has 0 bridgehead atoms. The van der Waals surface area contributed by atoms with Crippen molar-refractivity contribution in [1.29, 1.82) is 0 Å². The molecule has 1 fully saturated rings. The van der Waals surface area contributed by atoms with Gasteiger partial charge in [-0.1, -0.05) is 25.0 Å². The first-order valence-corrected chi connectivity index (χ1v) is 7.89. The van der Waals surface area contributed by atoms with Crippen LogP contribution < -0.4 is 5.32 Å². The molecule has 2 rings (SSSR count). The summed E-state index contributed by atoms with van der Waals surface area (Å²) >= 11 is 0. The number of hydrogen-bond donors (Lipinski definition) is 1. The van der Waals surface area contributed by atoms with Gasteiger partial charge in [0.05, 0.1) is 18.2 Å². The molecule has 2 nitrogen and oxygen atoms in total. The molecule has 1 N–H and O–H groups in total. The second-order valence-electron chi connectivity index (χ2n) is 5.87. The summed E-state index contributed by atoms with van der Waals surface area (Å²) in [6, 6.07) is 0.480. The highest BCUT2D eigenvalue weighted by Gasteiger charge is 2.31. The smallest absolute Gasteiger partial charge is 0.0771 e. The van der Waals surface area contributed by atoms with Crippen molar-refractivity contribution in [2.24, 2.45) is 0 Å². The summed E-state index contributed by atoms with van der Waals surface area (Å²) in [6.07, 6.45) is 13.7. The molecule has 2 heteroatoms. The van der Waals surface area contributed by atoms with E-state index in [1.165, 1.54) is 51.4 Å². The monoisotopic (exact) mass is 251 g/mol. The van der Waals surface area contributed by atoms with E-state index in [1.54, 1.807) is 5.57 Å². The van der Waals surface area contributed by atoms with E-state index in [0.717, 1.165) is 6.54 Å². The van der Waals surface area contributed by atoms with Gasteiger partial charge in [-0.2, -0.15) is 0 Å². The van der Waals surface area contributed by atoms with Gasteiger partial charge in [0.1, 0.15) is 0 Å². The van der Waals surface area contributed by atoms with Gasteiger partial charge in [0.15, 0.2) is 0 Å². The molecule has 104 valence electrons. The van der Waals surface area contributed by atoms with Crippen LogP contribution in [0.2, 0.25) is 0 Å². The summed E-state index contributed by atoms with van der Waals surface area (Å²) in [6.45, 7) is 5.55. The molecule has 0 aromatic carbocycles. The lowest BCUT2D eigenvalue weighted by Crippen LogP contribution is -2.41. The van der Waals surface area contributed by atoms with E-state index in [9.17, 15) is 0 Å². The Labute approximate surface area is 112 Å². The number of hydrogen-bond acceptors (Lipinski definition) is 2. The molecule has 0 amide bonds. The minimum absolute atomic E-state index is 0.413. The van der Waals surface area contributed by atoms with Crippen LogP contribution in [-0.2, 0) is 4.74 Å². The molecule has 18 heavy (non-hydrogen) atoms. The molecule has 0 aromatic rings. The van der Waals surface area contributed by atoms with Crippen molar-refractivity contribution in [3.05, 3.63) is 11.6 Å². The van der Waals surface area contributed by atoms with Gasteiger partial charge < -0.3 is 10.1 Å². The molecule has 1 heterocycles. The zero-order valence-electron chi connectivity index (χ0n) is 12.1. The van der Waals surface area contributed by atoms with Gasteiger partial charge >= 0.3 is 0 Å². The van der Waals surface area contributed by atoms with Crippen LogP contribution in [0.5, 0.6) is 0 Å². The highest BCUT2D eigenvalue weighted by Crippen LogP contribution is 2.29. The summed E-state index contributed by atoms with van der Waals surface area (Å²) in [5.41, 5.74) is 1.63. The molecular formula is C16H29NO. The van der Waals surface area contributed by atoms with Gasteiger partial charge in [-0.25, -0.2) is 0 Å². The third kappa shape index (κ3) is 3.83. The van der Waals surface area contributed by atoms with Gasteiger partial charge in [0.2, 0.25) is 0 Å². The molecule has 3 unspecified atom stereocenters. The Hall–Kier alpha value is -0.340. The first-order chi connectivity index (χ1) is 8.81. The molecule has 1 aliphatic heterocycles. The van der Waals surface area contributed by atoms with Crippen molar-refractivity contribution in [2.45, 2.75) is 83.5 Å². The SMILES string of the molecule is CCCNC(C1=CCCCCC1)C1CCC(C)O1. The van der Waals surface area contributed by atoms with Crippen molar-refractivity contribution in [3.63, 3.8) is 0 Å².